The minimum absolute atomic E-state index is 0.0326. The zero-order valence-electron chi connectivity index (χ0n) is 13.2. The van der Waals surface area contributed by atoms with Crippen LogP contribution in [-0.2, 0) is 11.3 Å². The van der Waals surface area contributed by atoms with Gasteiger partial charge in [0.15, 0.2) is 11.5 Å². The predicted molar refractivity (Wildman–Crippen MR) is 79.3 cm³/mol. The first-order valence-corrected chi connectivity index (χ1v) is 6.68. The first-order valence-electron chi connectivity index (χ1n) is 6.68. The van der Waals surface area contributed by atoms with Crippen molar-refractivity contribution in [3.63, 3.8) is 0 Å². The molecule has 118 valence electrons. The fourth-order valence-corrected chi connectivity index (χ4v) is 2.10. The Labute approximate surface area is 125 Å². The van der Waals surface area contributed by atoms with E-state index < -0.39 is 5.97 Å². The first-order chi connectivity index (χ1) is 9.94. The van der Waals surface area contributed by atoms with Gasteiger partial charge in [-0.1, -0.05) is 6.07 Å². The summed E-state index contributed by atoms with van der Waals surface area (Å²) in [6.07, 6.45) is 0. The molecule has 6 nitrogen and oxygen atoms in total. The largest absolute Gasteiger partial charge is 0.493 e. The van der Waals surface area contributed by atoms with Crippen molar-refractivity contribution >= 4 is 5.97 Å². The predicted octanol–water partition coefficient (Wildman–Crippen LogP) is 2.01. The van der Waals surface area contributed by atoms with Crippen molar-refractivity contribution in [2.24, 2.45) is 0 Å². The van der Waals surface area contributed by atoms with Gasteiger partial charge >= 0.3 is 5.97 Å². The van der Waals surface area contributed by atoms with Gasteiger partial charge in [0.05, 0.1) is 27.9 Å². The molecular formula is C15H23NO5. The van der Waals surface area contributed by atoms with Gasteiger partial charge in [0.1, 0.15) is 0 Å². The monoisotopic (exact) mass is 297 g/mol. The van der Waals surface area contributed by atoms with Crippen LogP contribution in [0.5, 0.6) is 17.2 Å². The second kappa shape index (κ2) is 7.73. The third kappa shape index (κ3) is 4.26. The summed E-state index contributed by atoms with van der Waals surface area (Å²) < 4.78 is 16.0. The van der Waals surface area contributed by atoms with Gasteiger partial charge in [-0.25, -0.2) is 0 Å². The molecular weight excluding hydrogens is 274 g/mol. The van der Waals surface area contributed by atoms with Crippen LogP contribution in [0.4, 0.5) is 0 Å². The normalized spacial score (nSPS) is 10.8. The fraction of sp³-hybridized carbons (Fsp3) is 0.533. The molecule has 0 radical (unpaired) electrons. The number of rotatable bonds is 8. The maximum absolute atomic E-state index is 11.0. The molecule has 0 saturated heterocycles. The molecule has 1 N–H and O–H groups in total. The number of benzene rings is 1. The van der Waals surface area contributed by atoms with E-state index in [0.29, 0.717) is 23.8 Å². The molecule has 1 aromatic carbocycles. The van der Waals surface area contributed by atoms with E-state index in [1.165, 1.54) is 0 Å². The maximum Gasteiger partial charge on any atom is 0.317 e. The highest BCUT2D eigenvalue weighted by Crippen LogP contribution is 2.40. The van der Waals surface area contributed by atoms with E-state index in [-0.39, 0.29) is 12.6 Å². The van der Waals surface area contributed by atoms with Gasteiger partial charge in [-0.2, -0.15) is 0 Å². The van der Waals surface area contributed by atoms with Crippen LogP contribution >= 0.6 is 0 Å². The number of hydrogen-bond acceptors (Lipinski definition) is 5. The van der Waals surface area contributed by atoms with Crippen molar-refractivity contribution in [3.05, 3.63) is 17.7 Å². The van der Waals surface area contributed by atoms with E-state index >= 15 is 0 Å². The number of carbonyl (C=O) groups is 1. The number of nitrogens with zero attached hydrogens (tertiary/aromatic N) is 1. The van der Waals surface area contributed by atoms with Crippen LogP contribution in [0, 0.1) is 0 Å². The molecule has 0 spiro atoms. The Morgan fingerprint density at radius 1 is 1.14 bits per heavy atom. The molecule has 0 aliphatic carbocycles. The second-order valence-electron chi connectivity index (χ2n) is 4.89. The van der Waals surface area contributed by atoms with Crippen LogP contribution in [0.25, 0.3) is 0 Å². The van der Waals surface area contributed by atoms with E-state index in [1.807, 2.05) is 24.8 Å². The maximum atomic E-state index is 11.0. The van der Waals surface area contributed by atoms with Crippen molar-refractivity contribution in [1.82, 2.24) is 4.90 Å². The minimum Gasteiger partial charge on any atom is -0.493 e. The number of methoxy groups -OCH3 is 3. The van der Waals surface area contributed by atoms with E-state index in [2.05, 4.69) is 0 Å². The summed E-state index contributed by atoms with van der Waals surface area (Å²) in [6.45, 7) is 4.33. The van der Waals surface area contributed by atoms with Gasteiger partial charge < -0.3 is 19.3 Å². The van der Waals surface area contributed by atoms with Gasteiger partial charge in [0, 0.05) is 18.2 Å². The molecule has 21 heavy (non-hydrogen) atoms. The molecule has 0 bridgehead atoms. The van der Waals surface area contributed by atoms with Crippen molar-refractivity contribution in [3.8, 4) is 17.2 Å². The summed E-state index contributed by atoms with van der Waals surface area (Å²) in [5.41, 5.74) is 0.852. The summed E-state index contributed by atoms with van der Waals surface area (Å²) in [7, 11) is 4.65. The average Bonchev–Trinajstić information content (AvgIpc) is 2.45. The van der Waals surface area contributed by atoms with Crippen LogP contribution in [-0.4, -0.2) is 49.9 Å². The SMILES string of the molecule is COc1ccc(CN(CC(=O)O)C(C)C)c(OC)c1OC. The topological polar surface area (TPSA) is 68.2 Å². The first kappa shape index (κ1) is 17.1. The van der Waals surface area contributed by atoms with Crippen molar-refractivity contribution < 1.29 is 24.1 Å². The minimum atomic E-state index is -0.858. The Balaban J connectivity index is 3.14. The third-order valence-electron chi connectivity index (χ3n) is 3.23. The molecule has 0 fully saturated rings. The quantitative estimate of drug-likeness (QED) is 0.791. The summed E-state index contributed by atoms with van der Waals surface area (Å²) in [6, 6.07) is 3.74. The molecule has 0 aliphatic heterocycles. The van der Waals surface area contributed by atoms with Crippen molar-refractivity contribution in [2.45, 2.75) is 26.4 Å². The van der Waals surface area contributed by atoms with Crippen molar-refractivity contribution in [2.75, 3.05) is 27.9 Å². The molecule has 0 aliphatic rings. The Morgan fingerprint density at radius 2 is 1.76 bits per heavy atom. The van der Waals surface area contributed by atoms with Crippen LogP contribution < -0.4 is 14.2 Å². The van der Waals surface area contributed by atoms with Crippen LogP contribution in [0.2, 0.25) is 0 Å². The highest BCUT2D eigenvalue weighted by molar-refractivity contribution is 5.69. The lowest BCUT2D eigenvalue weighted by atomic mass is 10.1. The number of hydrogen-bond donors (Lipinski definition) is 1. The van der Waals surface area contributed by atoms with Gasteiger partial charge in [0.25, 0.3) is 0 Å². The van der Waals surface area contributed by atoms with Crippen LogP contribution in [0.15, 0.2) is 12.1 Å². The van der Waals surface area contributed by atoms with E-state index in [4.69, 9.17) is 19.3 Å². The molecule has 0 amide bonds. The van der Waals surface area contributed by atoms with Crippen molar-refractivity contribution in [1.29, 1.82) is 0 Å². The summed E-state index contributed by atoms with van der Waals surface area (Å²) in [5.74, 6) is 0.792. The molecule has 0 unspecified atom stereocenters. The lowest BCUT2D eigenvalue weighted by molar-refractivity contribution is -0.138. The van der Waals surface area contributed by atoms with E-state index in [0.717, 1.165) is 5.56 Å². The zero-order chi connectivity index (χ0) is 16.0. The molecule has 1 rings (SSSR count). The lowest BCUT2D eigenvalue weighted by Crippen LogP contribution is -2.35. The lowest BCUT2D eigenvalue weighted by Gasteiger charge is -2.26. The molecule has 0 aromatic heterocycles. The average molecular weight is 297 g/mol. The highest BCUT2D eigenvalue weighted by atomic mass is 16.5. The number of carboxylic acid groups (broad SMARTS) is 1. The van der Waals surface area contributed by atoms with E-state index in [9.17, 15) is 4.79 Å². The summed E-state index contributed by atoms with van der Waals surface area (Å²) >= 11 is 0. The van der Waals surface area contributed by atoms with E-state index in [1.54, 1.807) is 27.4 Å². The molecule has 6 heteroatoms. The Morgan fingerprint density at radius 3 is 2.19 bits per heavy atom. The Kier molecular flexibility index (Phi) is 6.30. The zero-order valence-corrected chi connectivity index (χ0v) is 13.2. The molecule has 0 saturated carbocycles. The summed E-state index contributed by atoms with van der Waals surface area (Å²) in [5, 5.41) is 9.00. The third-order valence-corrected chi connectivity index (χ3v) is 3.23. The molecule has 0 atom stereocenters. The van der Waals surface area contributed by atoms with Gasteiger partial charge in [0.2, 0.25) is 5.75 Å². The van der Waals surface area contributed by atoms with Gasteiger partial charge in [-0.3, -0.25) is 9.69 Å². The van der Waals surface area contributed by atoms with Gasteiger partial charge in [-0.15, -0.1) is 0 Å². The van der Waals surface area contributed by atoms with Gasteiger partial charge in [-0.05, 0) is 19.9 Å². The standard InChI is InChI=1S/C15H23NO5/c1-10(2)16(9-13(17)18)8-11-6-7-12(19-3)15(21-5)14(11)20-4/h6-7,10H,8-9H2,1-5H3,(H,17,18). The highest BCUT2D eigenvalue weighted by Gasteiger charge is 2.20. The van der Waals surface area contributed by atoms with Crippen LogP contribution in [0.1, 0.15) is 19.4 Å². The Bertz CT molecular complexity index is 487. The fourth-order valence-electron chi connectivity index (χ4n) is 2.10. The summed E-state index contributed by atoms with van der Waals surface area (Å²) in [4.78, 5) is 12.8. The second-order valence-corrected chi connectivity index (χ2v) is 4.89. The number of aliphatic carboxylic acids is 1. The molecule has 1 aromatic rings. The number of carboxylic acids is 1. The number of ether oxygens (including phenoxy) is 3. The molecule has 0 heterocycles. The van der Waals surface area contributed by atoms with Crippen LogP contribution in [0.3, 0.4) is 0 Å². The Hall–Kier alpha value is -1.95. The smallest absolute Gasteiger partial charge is 0.317 e.